The van der Waals surface area contributed by atoms with Gasteiger partial charge in [0.05, 0.1) is 9.94 Å². The molecule has 0 aromatic carbocycles. The predicted octanol–water partition coefficient (Wildman–Crippen LogP) is 2.93. The van der Waals surface area contributed by atoms with Gasteiger partial charge in [-0.2, -0.15) is 0 Å². The van der Waals surface area contributed by atoms with E-state index in [-0.39, 0.29) is 10.8 Å². The maximum atomic E-state index is 12.2. The van der Waals surface area contributed by atoms with Gasteiger partial charge in [0.25, 0.3) is 0 Å². The van der Waals surface area contributed by atoms with Gasteiger partial charge in [0.2, 0.25) is 10.0 Å². The van der Waals surface area contributed by atoms with E-state index in [2.05, 4.69) is 11.6 Å². The maximum absolute atomic E-state index is 12.2. The van der Waals surface area contributed by atoms with Crippen molar-refractivity contribution in [3.63, 3.8) is 0 Å². The van der Waals surface area contributed by atoms with Crippen molar-refractivity contribution in [1.82, 2.24) is 4.72 Å². The van der Waals surface area contributed by atoms with Crippen LogP contribution in [0.3, 0.4) is 0 Å². The molecule has 114 valence electrons. The first kappa shape index (κ1) is 16.2. The number of hydrogen-bond acceptors (Lipinski definition) is 4. The van der Waals surface area contributed by atoms with Gasteiger partial charge in [-0.15, -0.1) is 11.3 Å². The highest BCUT2D eigenvalue weighted by Crippen LogP contribution is 2.33. The molecule has 2 N–H and O–H groups in total. The Bertz CT molecular complexity index is 555. The number of rotatable bonds is 4. The fourth-order valence-electron chi connectivity index (χ4n) is 2.34. The van der Waals surface area contributed by atoms with Crippen molar-refractivity contribution in [2.24, 2.45) is 5.92 Å². The van der Waals surface area contributed by atoms with Crippen LogP contribution in [0.5, 0.6) is 0 Å². The number of aryl methyl sites for hydroxylation is 1. The van der Waals surface area contributed by atoms with Gasteiger partial charge in [0.15, 0.2) is 0 Å². The topological polar surface area (TPSA) is 66.4 Å². The Morgan fingerprint density at radius 2 is 2.10 bits per heavy atom. The standard InChI is InChI=1S/C13H20ClNO3S2/c1-9-3-5-13(16,6-4-9)8-15-20(17,18)11-7-10(2)12(14)19-11/h7,9,15-16H,3-6,8H2,1-2H3. The molecule has 1 aromatic heterocycles. The van der Waals surface area contributed by atoms with E-state index in [9.17, 15) is 13.5 Å². The van der Waals surface area contributed by atoms with E-state index in [1.54, 1.807) is 13.0 Å². The quantitative estimate of drug-likeness (QED) is 0.887. The third kappa shape index (κ3) is 3.74. The second-order valence-electron chi connectivity index (χ2n) is 5.75. The largest absolute Gasteiger partial charge is 0.389 e. The molecular weight excluding hydrogens is 318 g/mol. The Morgan fingerprint density at radius 1 is 1.50 bits per heavy atom. The van der Waals surface area contributed by atoms with Crippen molar-refractivity contribution in [3.05, 3.63) is 16.0 Å². The molecule has 0 bridgehead atoms. The van der Waals surface area contributed by atoms with Crippen LogP contribution < -0.4 is 4.72 Å². The van der Waals surface area contributed by atoms with Gasteiger partial charge in [0.1, 0.15) is 4.21 Å². The normalized spacial score (nSPS) is 27.7. The van der Waals surface area contributed by atoms with Crippen molar-refractivity contribution in [2.45, 2.75) is 49.3 Å². The van der Waals surface area contributed by atoms with E-state index < -0.39 is 15.6 Å². The van der Waals surface area contributed by atoms with Crippen molar-refractivity contribution in [2.75, 3.05) is 6.54 Å². The molecule has 1 fully saturated rings. The first-order valence-electron chi connectivity index (χ1n) is 6.70. The lowest BCUT2D eigenvalue weighted by molar-refractivity contribution is -0.00181. The number of hydrogen-bond donors (Lipinski definition) is 2. The predicted molar refractivity (Wildman–Crippen MR) is 81.8 cm³/mol. The minimum absolute atomic E-state index is 0.0661. The summed E-state index contributed by atoms with van der Waals surface area (Å²) in [5, 5.41) is 10.4. The maximum Gasteiger partial charge on any atom is 0.250 e. The van der Waals surface area contributed by atoms with Crippen molar-refractivity contribution >= 4 is 33.0 Å². The minimum atomic E-state index is -3.59. The van der Waals surface area contributed by atoms with Gasteiger partial charge in [-0.1, -0.05) is 18.5 Å². The molecule has 1 heterocycles. The van der Waals surface area contributed by atoms with Gasteiger partial charge < -0.3 is 5.11 Å². The van der Waals surface area contributed by atoms with Crippen LogP contribution >= 0.6 is 22.9 Å². The summed E-state index contributed by atoms with van der Waals surface area (Å²) in [5.41, 5.74) is -0.169. The van der Waals surface area contributed by atoms with Crippen molar-refractivity contribution in [1.29, 1.82) is 0 Å². The SMILES string of the molecule is Cc1cc(S(=O)(=O)NCC2(O)CCC(C)CC2)sc1Cl. The number of halogens is 1. The zero-order valence-corrected chi connectivity index (χ0v) is 14.0. The first-order chi connectivity index (χ1) is 9.22. The van der Waals surface area contributed by atoms with Crippen LogP contribution in [0, 0.1) is 12.8 Å². The van der Waals surface area contributed by atoms with E-state index in [1.807, 2.05) is 0 Å². The molecule has 0 atom stereocenters. The van der Waals surface area contributed by atoms with Gasteiger partial charge in [-0.3, -0.25) is 0 Å². The Balaban J connectivity index is 2.02. The summed E-state index contributed by atoms with van der Waals surface area (Å²) in [6.07, 6.45) is 3.14. The van der Waals surface area contributed by atoms with Crippen LogP contribution in [0.1, 0.15) is 38.2 Å². The van der Waals surface area contributed by atoms with Crippen molar-refractivity contribution < 1.29 is 13.5 Å². The average Bonchev–Trinajstić information content (AvgIpc) is 2.73. The highest BCUT2D eigenvalue weighted by atomic mass is 35.5. The monoisotopic (exact) mass is 337 g/mol. The summed E-state index contributed by atoms with van der Waals surface area (Å²) < 4.78 is 27.6. The molecule has 1 aliphatic carbocycles. The van der Waals surface area contributed by atoms with Gasteiger partial charge in [-0.05, 0) is 50.2 Å². The van der Waals surface area contributed by atoms with Crippen LogP contribution in [0.4, 0.5) is 0 Å². The van der Waals surface area contributed by atoms with E-state index in [0.29, 0.717) is 23.1 Å². The molecule has 4 nitrogen and oxygen atoms in total. The lowest BCUT2D eigenvalue weighted by atomic mass is 9.80. The molecule has 0 saturated heterocycles. The second-order valence-corrected chi connectivity index (χ2v) is 9.40. The van der Waals surface area contributed by atoms with Crippen LogP contribution in [0.2, 0.25) is 4.34 Å². The van der Waals surface area contributed by atoms with E-state index in [4.69, 9.17) is 11.6 Å². The van der Waals surface area contributed by atoms with Crippen LogP contribution in [0.25, 0.3) is 0 Å². The van der Waals surface area contributed by atoms with Crippen LogP contribution in [-0.2, 0) is 10.0 Å². The zero-order valence-electron chi connectivity index (χ0n) is 11.6. The second kappa shape index (κ2) is 5.93. The molecule has 1 aliphatic rings. The molecule has 2 rings (SSSR count). The highest BCUT2D eigenvalue weighted by Gasteiger charge is 2.33. The summed E-state index contributed by atoms with van der Waals surface area (Å²) in [5.74, 6) is 0.602. The van der Waals surface area contributed by atoms with Crippen molar-refractivity contribution in [3.8, 4) is 0 Å². The minimum Gasteiger partial charge on any atom is -0.389 e. The fourth-order valence-corrected chi connectivity index (χ4v) is 5.21. The molecule has 0 spiro atoms. The molecule has 0 radical (unpaired) electrons. The van der Waals surface area contributed by atoms with E-state index >= 15 is 0 Å². The van der Waals surface area contributed by atoms with Gasteiger partial charge in [-0.25, -0.2) is 13.1 Å². The Hall–Kier alpha value is -0.140. The van der Waals surface area contributed by atoms with E-state index in [1.165, 1.54) is 0 Å². The van der Waals surface area contributed by atoms with Gasteiger partial charge >= 0.3 is 0 Å². The zero-order chi connectivity index (χ0) is 15.0. The van der Waals surface area contributed by atoms with Crippen LogP contribution in [0.15, 0.2) is 10.3 Å². The fraction of sp³-hybridized carbons (Fsp3) is 0.692. The number of aliphatic hydroxyl groups is 1. The molecule has 1 aromatic rings. The summed E-state index contributed by atoms with van der Waals surface area (Å²) in [4.78, 5) is 0. The smallest absolute Gasteiger partial charge is 0.250 e. The summed E-state index contributed by atoms with van der Waals surface area (Å²) in [7, 11) is -3.59. The summed E-state index contributed by atoms with van der Waals surface area (Å²) in [6.45, 7) is 3.99. The summed E-state index contributed by atoms with van der Waals surface area (Å²) in [6, 6.07) is 1.56. The molecule has 7 heteroatoms. The lowest BCUT2D eigenvalue weighted by Crippen LogP contribution is -2.45. The Kier molecular flexibility index (Phi) is 4.81. The first-order valence-corrected chi connectivity index (χ1v) is 9.38. The van der Waals surface area contributed by atoms with Gasteiger partial charge in [0, 0.05) is 6.54 Å². The molecule has 0 aliphatic heterocycles. The third-order valence-corrected chi connectivity index (χ3v) is 7.33. The third-order valence-electron chi connectivity index (χ3n) is 3.90. The average molecular weight is 338 g/mol. The number of sulfonamides is 1. The highest BCUT2D eigenvalue weighted by molar-refractivity contribution is 7.91. The van der Waals surface area contributed by atoms with E-state index in [0.717, 1.165) is 29.7 Å². The molecule has 20 heavy (non-hydrogen) atoms. The Labute approximate surface area is 129 Å². The number of thiophene rings is 1. The number of nitrogens with one attached hydrogen (secondary N) is 1. The molecule has 0 unspecified atom stereocenters. The molecule has 0 amide bonds. The Morgan fingerprint density at radius 3 is 2.60 bits per heavy atom. The molecular formula is C13H20ClNO3S2. The van der Waals surface area contributed by atoms with Crippen LogP contribution in [-0.4, -0.2) is 25.7 Å². The molecule has 1 saturated carbocycles. The summed E-state index contributed by atoms with van der Waals surface area (Å²) >= 11 is 6.95. The lowest BCUT2D eigenvalue weighted by Gasteiger charge is -2.34.